The van der Waals surface area contributed by atoms with E-state index in [9.17, 15) is 0 Å². The highest BCUT2D eigenvalue weighted by molar-refractivity contribution is 6.31. The molecule has 100 valence electrons. The van der Waals surface area contributed by atoms with Crippen LogP contribution in [-0.4, -0.2) is 11.6 Å². The minimum atomic E-state index is 0.674. The quantitative estimate of drug-likeness (QED) is 0.678. The van der Waals surface area contributed by atoms with Gasteiger partial charge in [0.1, 0.15) is 5.75 Å². The van der Waals surface area contributed by atoms with Crippen LogP contribution in [0, 0.1) is 0 Å². The maximum atomic E-state index is 6.10. The molecule has 0 atom stereocenters. The first-order valence-electron chi connectivity index (χ1n) is 6.55. The van der Waals surface area contributed by atoms with Crippen LogP contribution in [-0.2, 0) is 0 Å². The van der Waals surface area contributed by atoms with Gasteiger partial charge in [-0.25, -0.2) is 0 Å². The predicted octanol–water partition coefficient (Wildman–Crippen LogP) is 4.95. The zero-order valence-corrected chi connectivity index (χ0v) is 11.9. The minimum absolute atomic E-state index is 0.674. The van der Waals surface area contributed by atoms with Crippen molar-refractivity contribution >= 4 is 22.5 Å². The third kappa shape index (κ3) is 2.47. The second-order valence-corrected chi connectivity index (χ2v) is 4.91. The second kappa shape index (κ2) is 5.51. The lowest BCUT2D eigenvalue weighted by molar-refractivity contribution is 0.340. The summed E-state index contributed by atoms with van der Waals surface area (Å²) >= 11 is 6.10. The molecule has 0 fully saturated rings. The highest BCUT2D eigenvalue weighted by Gasteiger charge is 2.05. The molecule has 0 radical (unpaired) electrons. The van der Waals surface area contributed by atoms with Gasteiger partial charge >= 0.3 is 0 Å². The van der Waals surface area contributed by atoms with Crippen molar-refractivity contribution in [1.29, 1.82) is 0 Å². The Hall–Kier alpha value is -2.06. The lowest BCUT2D eigenvalue weighted by atomic mass is 10.0. The van der Waals surface area contributed by atoms with Gasteiger partial charge in [0.25, 0.3) is 0 Å². The normalized spacial score (nSPS) is 10.7. The number of rotatable bonds is 3. The predicted molar refractivity (Wildman–Crippen MR) is 83.4 cm³/mol. The van der Waals surface area contributed by atoms with E-state index in [4.69, 9.17) is 16.3 Å². The summed E-state index contributed by atoms with van der Waals surface area (Å²) in [7, 11) is 0. The molecular weight excluding hydrogens is 270 g/mol. The molecule has 0 bridgehead atoms. The van der Waals surface area contributed by atoms with Crippen LogP contribution in [0.15, 0.2) is 54.7 Å². The first-order valence-corrected chi connectivity index (χ1v) is 6.93. The van der Waals surface area contributed by atoms with Gasteiger partial charge in [-0.2, -0.15) is 0 Å². The van der Waals surface area contributed by atoms with Crippen molar-refractivity contribution in [3.63, 3.8) is 0 Å². The molecule has 3 aromatic rings. The Bertz CT molecular complexity index is 738. The Kier molecular flexibility index (Phi) is 3.57. The molecule has 0 aliphatic carbocycles. The standard InChI is InChI=1S/C17H14ClNO/c1-2-20-14-6-3-12(4-7-14)15-9-10-19-17-8-5-13(18)11-16(15)17/h3-11H,2H2,1H3. The Morgan fingerprint density at radius 2 is 1.85 bits per heavy atom. The number of benzene rings is 2. The maximum absolute atomic E-state index is 6.10. The highest BCUT2D eigenvalue weighted by Crippen LogP contribution is 2.30. The molecule has 0 amide bonds. The van der Waals surface area contributed by atoms with E-state index in [0.29, 0.717) is 6.61 Å². The Balaban J connectivity index is 2.11. The first kappa shape index (κ1) is 12.9. The molecule has 0 unspecified atom stereocenters. The van der Waals surface area contributed by atoms with E-state index in [1.54, 1.807) is 0 Å². The molecule has 3 heteroatoms. The highest BCUT2D eigenvalue weighted by atomic mass is 35.5. The van der Waals surface area contributed by atoms with Crippen LogP contribution in [0.3, 0.4) is 0 Å². The van der Waals surface area contributed by atoms with Gasteiger partial charge in [0.2, 0.25) is 0 Å². The number of ether oxygens (including phenoxy) is 1. The zero-order valence-electron chi connectivity index (χ0n) is 11.1. The summed E-state index contributed by atoms with van der Waals surface area (Å²) in [6.45, 7) is 2.65. The molecule has 1 heterocycles. The van der Waals surface area contributed by atoms with Crippen molar-refractivity contribution in [3.05, 3.63) is 59.8 Å². The van der Waals surface area contributed by atoms with Crippen molar-refractivity contribution < 1.29 is 4.74 Å². The SMILES string of the molecule is CCOc1ccc(-c2ccnc3ccc(Cl)cc23)cc1. The molecule has 0 saturated heterocycles. The summed E-state index contributed by atoms with van der Waals surface area (Å²) in [5.74, 6) is 0.882. The fourth-order valence-electron chi connectivity index (χ4n) is 2.27. The average Bonchev–Trinajstić information content (AvgIpc) is 2.48. The molecule has 1 aromatic heterocycles. The van der Waals surface area contributed by atoms with Gasteiger partial charge in [-0.1, -0.05) is 23.7 Å². The number of halogens is 1. The molecule has 0 N–H and O–H groups in total. The Labute approximate surface area is 123 Å². The Morgan fingerprint density at radius 3 is 2.60 bits per heavy atom. The van der Waals surface area contributed by atoms with Gasteiger partial charge in [-0.05, 0) is 54.4 Å². The smallest absolute Gasteiger partial charge is 0.119 e. The van der Waals surface area contributed by atoms with Gasteiger partial charge in [0.05, 0.1) is 12.1 Å². The summed E-state index contributed by atoms with van der Waals surface area (Å²) in [5.41, 5.74) is 3.20. The van der Waals surface area contributed by atoms with Gasteiger partial charge in [0.15, 0.2) is 0 Å². The summed E-state index contributed by atoms with van der Waals surface area (Å²) in [6.07, 6.45) is 1.82. The van der Waals surface area contributed by atoms with E-state index in [1.165, 1.54) is 0 Å². The van der Waals surface area contributed by atoms with Gasteiger partial charge in [0, 0.05) is 16.6 Å². The summed E-state index contributed by atoms with van der Waals surface area (Å²) in [4.78, 5) is 4.37. The van der Waals surface area contributed by atoms with E-state index < -0.39 is 0 Å². The third-order valence-electron chi connectivity index (χ3n) is 3.18. The van der Waals surface area contributed by atoms with Crippen LogP contribution in [0.2, 0.25) is 5.02 Å². The average molecular weight is 284 g/mol. The van der Waals surface area contributed by atoms with Gasteiger partial charge in [-0.15, -0.1) is 0 Å². The number of hydrogen-bond acceptors (Lipinski definition) is 2. The lowest BCUT2D eigenvalue weighted by Crippen LogP contribution is -1.91. The molecule has 3 rings (SSSR count). The van der Waals surface area contributed by atoms with Gasteiger partial charge < -0.3 is 4.74 Å². The lowest BCUT2D eigenvalue weighted by Gasteiger charge is -2.08. The van der Waals surface area contributed by atoms with Crippen molar-refractivity contribution in [2.45, 2.75) is 6.92 Å². The fourth-order valence-corrected chi connectivity index (χ4v) is 2.44. The van der Waals surface area contributed by atoms with Crippen LogP contribution in [0.5, 0.6) is 5.75 Å². The van der Waals surface area contributed by atoms with E-state index in [2.05, 4.69) is 17.1 Å². The Morgan fingerprint density at radius 1 is 1.05 bits per heavy atom. The van der Waals surface area contributed by atoms with E-state index in [1.807, 2.05) is 49.5 Å². The summed E-state index contributed by atoms with van der Waals surface area (Å²) < 4.78 is 5.47. The molecule has 0 aliphatic heterocycles. The second-order valence-electron chi connectivity index (χ2n) is 4.48. The summed E-state index contributed by atoms with van der Waals surface area (Å²) in [6, 6.07) is 15.8. The van der Waals surface area contributed by atoms with E-state index in [-0.39, 0.29) is 0 Å². The molecule has 0 saturated carbocycles. The van der Waals surface area contributed by atoms with E-state index in [0.717, 1.165) is 32.8 Å². The van der Waals surface area contributed by atoms with Crippen LogP contribution in [0.25, 0.3) is 22.0 Å². The molecule has 2 aromatic carbocycles. The van der Waals surface area contributed by atoms with Crippen molar-refractivity contribution in [2.24, 2.45) is 0 Å². The van der Waals surface area contributed by atoms with Crippen LogP contribution >= 0.6 is 11.6 Å². The largest absolute Gasteiger partial charge is 0.494 e. The number of aromatic nitrogens is 1. The van der Waals surface area contributed by atoms with Crippen molar-refractivity contribution in [2.75, 3.05) is 6.61 Å². The van der Waals surface area contributed by atoms with Crippen molar-refractivity contribution in [3.8, 4) is 16.9 Å². The van der Waals surface area contributed by atoms with E-state index >= 15 is 0 Å². The molecular formula is C17H14ClNO. The maximum Gasteiger partial charge on any atom is 0.119 e. The zero-order chi connectivity index (χ0) is 13.9. The topological polar surface area (TPSA) is 22.1 Å². The van der Waals surface area contributed by atoms with Crippen LogP contribution < -0.4 is 4.74 Å². The number of fused-ring (bicyclic) bond motifs is 1. The number of pyridine rings is 1. The first-order chi connectivity index (χ1) is 9.78. The molecule has 2 nitrogen and oxygen atoms in total. The molecule has 0 spiro atoms. The van der Waals surface area contributed by atoms with Crippen LogP contribution in [0.4, 0.5) is 0 Å². The third-order valence-corrected chi connectivity index (χ3v) is 3.42. The van der Waals surface area contributed by atoms with Gasteiger partial charge in [-0.3, -0.25) is 4.98 Å². The number of nitrogens with zero attached hydrogens (tertiary/aromatic N) is 1. The number of hydrogen-bond donors (Lipinski definition) is 0. The van der Waals surface area contributed by atoms with Crippen LogP contribution in [0.1, 0.15) is 6.92 Å². The van der Waals surface area contributed by atoms with Crippen molar-refractivity contribution in [1.82, 2.24) is 4.98 Å². The molecule has 20 heavy (non-hydrogen) atoms. The molecule has 0 aliphatic rings. The minimum Gasteiger partial charge on any atom is -0.494 e. The fraction of sp³-hybridized carbons (Fsp3) is 0.118. The summed E-state index contributed by atoms with van der Waals surface area (Å²) in [5, 5.41) is 1.78. The monoisotopic (exact) mass is 283 g/mol.